The summed E-state index contributed by atoms with van der Waals surface area (Å²) >= 11 is 1.57. The predicted molar refractivity (Wildman–Crippen MR) is 125 cm³/mol. The van der Waals surface area contributed by atoms with Crippen LogP contribution in [0.25, 0.3) is 21.7 Å². The van der Waals surface area contributed by atoms with Crippen molar-refractivity contribution < 1.29 is 9.47 Å². The topological polar surface area (TPSA) is 43.7 Å². The minimum Gasteiger partial charge on any atom is -0.497 e. The minimum atomic E-state index is 0.689. The number of ether oxygens (including phenoxy) is 2. The summed E-state index contributed by atoms with van der Waals surface area (Å²) < 4.78 is 10.8. The summed E-state index contributed by atoms with van der Waals surface area (Å²) in [4.78, 5) is 10.6. The number of hydrogen-bond donors (Lipinski definition) is 0. The van der Waals surface area contributed by atoms with Crippen LogP contribution in [0.2, 0.25) is 0 Å². The van der Waals surface area contributed by atoms with Gasteiger partial charge < -0.3 is 9.47 Å². The largest absolute Gasteiger partial charge is 0.497 e. The van der Waals surface area contributed by atoms with Gasteiger partial charge in [-0.3, -0.25) is 0 Å². The van der Waals surface area contributed by atoms with Gasteiger partial charge in [-0.05, 0) is 30.7 Å². The van der Waals surface area contributed by atoms with Gasteiger partial charge in [0.2, 0.25) is 5.13 Å². The van der Waals surface area contributed by atoms with E-state index >= 15 is 0 Å². The third-order valence-corrected chi connectivity index (χ3v) is 5.74. The van der Waals surface area contributed by atoms with Gasteiger partial charge in [0, 0.05) is 17.3 Å². The lowest BCUT2D eigenvalue weighted by atomic mass is 10.1. The number of methoxy groups -OCH3 is 2. The second-order valence-corrected chi connectivity index (χ2v) is 7.75. The first-order valence-electron chi connectivity index (χ1n) is 9.57. The maximum atomic E-state index is 5.45. The summed E-state index contributed by atoms with van der Waals surface area (Å²) in [6, 6.07) is 24.4. The number of nitrogens with zero attached hydrogens (tertiary/aromatic N) is 2. The Morgan fingerprint density at radius 2 is 1.63 bits per heavy atom. The van der Waals surface area contributed by atoms with Crippen LogP contribution >= 0.6 is 11.3 Å². The summed E-state index contributed by atoms with van der Waals surface area (Å²) in [6.45, 7) is 2.08. The number of aryl methyl sites for hydroxylation is 1. The molecule has 3 aromatic carbocycles. The van der Waals surface area contributed by atoms with Gasteiger partial charge in [-0.25, -0.2) is 9.98 Å². The summed E-state index contributed by atoms with van der Waals surface area (Å²) in [5.41, 5.74) is 5.21. The van der Waals surface area contributed by atoms with Gasteiger partial charge in [-0.2, -0.15) is 0 Å². The number of hydrogen-bond acceptors (Lipinski definition) is 5. The average molecular weight is 415 g/mol. The molecule has 0 aliphatic carbocycles. The van der Waals surface area contributed by atoms with E-state index in [9.17, 15) is 0 Å². The van der Waals surface area contributed by atoms with E-state index in [1.54, 1.807) is 31.8 Å². The lowest BCUT2D eigenvalue weighted by molar-refractivity contribution is 0.402. The Morgan fingerprint density at radius 1 is 0.867 bits per heavy atom. The van der Waals surface area contributed by atoms with Crippen molar-refractivity contribution in [2.45, 2.75) is 6.92 Å². The van der Waals surface area contributed by atoms with Crippen LogP contribution < -0.4 is 9.47 Å². The molecule has 5 heteroatoms. The molecule has 0 aliphatic heterocycles. The molecular formula is C25H22N2O2S. The Morgan fingerprint density at radius 3 is 2.33 bits per heavy atom. The highest BCUT2D eigenvalue weighted by Gasteiger charge is 2.14. The molecule has 0 amide bonds. The first-order chi connectivity index (χ1) is 14.7. The zero-order valence-corrected chi connectivity index (χ0v) is 17.9. The first-order valence-corrected chi connectivity index (χ1v) is 10.4. The molecular weight excluding hydrogens is 392 g/mol. The van der Waals surface area contributed by atoms with Crippen LogP contribution in [0, 0.1) is 6.92 Å². The molecule has 1 heterocycles. The molecule has 0 atom stereocenters. The quantitative estimate of drug-likeness (QED) is 0.336. The summed E-state index contributed by atoms with van der Waals surface area (Å²) in [5.74, 6) is 1.49. The molecule has 0 bridgehead atoms. The third-order valence-electron chi connectivity index (χ3n) is 4.73. The maximum Gasteiger partial charge on any atom is 0.210 e. The molecule has 0 saturated heterocycles. The Kier molecular flexibility index (Phi) is 5.91. The number of aliphatic imine (C=N–C) groups is 1. The zero-order chi connectivity index (χ0) is 20.9. The number of rotatable bonds is 6. The predicted octanol–water partition coefficient (Wildman–Crippen LogP) is 6.55. The fraction of sp³-hybridized carbons (Fsp3) is 0.120. The SMILES string of the molecule is COc1ccc(OC)c(C=Nc2nc(-c3ccc(C)cc3)c(-c3ccccc3)s2)c1. The smallest absolute Gasteiger partial charge is 0.210 e. The van der Waals surface area contributed by atoms with Crippen molar-refractivity contribution >= 4 is 22.7 Å². The Hall–Kier alpha value is -3.44. The van der Waals surface area contributed by atoms with Crippen molar-refractivity contribution in [3.63, 3.8) is 0 Å². The first kappa shape index (κ1) is 19.9. The van der Waals surface area contributed by atoms with Crippen LogP contribution in [0.1, 0.15) is 11.1 Å². The van der Waals surface area contributed by atoms with Crippen LogP contribution in [-0.2, 0) is 0 Å². The van der Waals surface area contributed by atoms with Crippen molar-refractivity contribution in [2.24, 2.45) is 4.99 Å². The van der Waals surface area contributed by atoms with E-state index < -0.39 is 0 Å². The number of aromatic nitrogens is 1. The second-order valence-electron chi connectivity index (χ2n) is 6.77. The fourth-order valence-electron chi connectivity index (χ4n) is 3.12. The highest BCUT2D eigenvalue weighted by atomic mass is 32.1. The van der Waals surface area contributed by atoms with Crippen molar-refractivity contribution in [3.05, 3.63) is 83.9 Å². The van der Waals surface area contributed by atoms with Gasteiger partial charge in [-0.1, -0.05) is 71.5 Å². The molecule has 0 fully saturated rings. The third kappa shape index (κ3) is 4.26. The Labute approximate surface area is 180 Å². The highest BCUT2D eigenvalue weighted by Crippen LogP contribution is 2.40. The van der Waals surface area contributed by atoms with Crippen LogP contribution in [0.5, 0.6) is 11.5 Å². The molecule has 0 N–H and O–H groups in total. The normalized spacial score (nSPS) is 11.0. The van der Waals surface area contributed by atoms with E-state index in [0.29, 0.717) is 5.13 Å². The van der Waals surface area contributed by atoms with Crippen molar-refractivity contribution in [1.82, 2.24) is 4.98 Å². The summed E-state index contributed by atoms with van der Waals surface area (Å²) in [6.07, 6.45) is 1.77. The molecule has 0 unspecified atom stereocenters. The molecule has 1 aromatic heterocycles. The molecule has 150 valence electrons. The van der Waals surface area contributed by atoms with Gasteiger partial charge in [0.1, 0.15) is 11.5 Å². The van der Waals surface area contributed by atoms with E-state index in [1.165, 1.54) is 5.56 Å². The molecule has 4 rings (SSSR count). The van der Waals surface area contributed by atoms with E-state index in [1.807, 2.05) is 36.4 Å². The minimum absolute atomic E-state index is 0.689. The molecule has 30 heavy (non-hydrogen) atoms. The molecule has 0 radical (unpaired) electrons. The van der Waals surface area contributed by atoms with Crippen LogP contribution in [-0.4, -0.2) is 25.4 Å². The van der Waals surface area contributed by atoms with Gasteiger partial charge in [0.25, 0.3) is 0 Å². The van der Waals surface area contributed by atoms with E-state index in [4.69, 9.17) is 14.5 Å². The summed E-state index contributed by atoms with van der Waals surface area (Å²) in [5, 5.41) is 0.689. The van der Waals surface area contributed by atoms with E-state index in [2.05, 4.69) is 48.3 Å². The van der Waals surface area contributed by atoms with E-state index in [-0.39, 0.29) is 0 Å². The van der Waals surface area contributed by atoms with Crippen LogP contribution in [0.3, 0.4) is 0 Å². The van der Waals surface area contributed by atoms with E-state index in [0.717, 1.165) is 38.8 Å². The zero-order valence-electron chi connectivity index (χ0n) is 17.1. The van der Waals surface area contributed by atoms with Gasteiger partial charge in [-0.15, -0.1) is 0 Å². The Bertz CT molecular complexity index is 1170. The monoisotopic (exact) mass is 414 g/mol. The van der Waals surface area contributed by atoms with Gasteiger partial charge in [0.15, 0.2) is 0 Å². The molecule has 4 aromatic rings. The number of thiazole rings is 1. The lowest BCUT2D eigenvalue weighted by Gasteiger charge is -2.06. The standard InChI is InChI=1S/C25H22N2O2S/c1-17-9-11-18(12-10-17)23-24(19-7-5-4-6-8-19)30-25(27-23)26-16-20-15-21(28-2)13-14-22(20)29-3/h4-16H,1-3H3. The van der Waals surface area contributed by atoms with Crippen LogP contribution in [0.15, 0.2) is 77.8 Å². The van der Waals surface area contributed by atoms with Crippen molar-refractivity contribution in [3.8, 4) is 33.2 Å². The van der Waals surface area contributed by atoms with Crippen molar-refractivity contribution in [2.75, 3.05) is 14.2 Å². The lowest BCUT2D eigenvalue weighted by Crippen LogP contribution is -1.92. The maximum absolute atomic E-state index is 5.45. The Balaban J connectivity index is 1.76. The molecule has 0 aliphatic rings. The second kappa shape index (κ2) is 8.93. The molecule has 4 nitrogen and oxygen atoms in total. The van der Waals surface area contributed by atoms with Crippen molar-refractivity contribution in [1.29, 1.82) is 0 Å². The summed E-state index contributed by atoms with van der Waals surface area (Å²) in [7, 11) is 3.29. The fourth-order valence-corrected chi connectivity index (χ4v) is 4.06. The van der Waals surface area contributed by atoms with Gasteiger partial charge >= 0.3 is 0 Å². The number of benzene rings is 3. The highest BCUT2D eigenvalue weighted by molar-refractivity contribution is 7.19. The molecule has 0 spiro atoms. The van der Waals surface area contributed by atoms with Gasteiger partial charge in [0.05, 0.1) is 24.8 Å². The molecule has 0 saturated carbocycles. The van der Waals surface area contributed by atoms with Crippen LogP contribution in [0.4, 0.5) is 5.13 Å². The average Bonchev–Trinajstić information content (AvgIpc) is 3.23.